The number of esters is 1. The van der Waals surface area contributed by atoms with Gasteiger partial charge in [0.05, 0.1) is 6.61 Å². The zero-order valence-electron chi connectivity index (χ0n) is 18.0. The summed E-state index contributed by atoms with van der Waals surface area (Å²) in [7, 11) is 0. The number of ether oxygens (including phenoxy) is 4. The van der Waals surface area contributed by atoms with E-state index in [0.717, 1.165) is 36.6 Å². The molecule has 1 aromatic rings. The van der Waals surface area contributed by atoms with Crippen molar-refractivity contribution in [1.82, 2.24) is 9.55 Å². The van der Waals surface area contributed by atoms with E-state index in [1.54, 1.807) is 0 Å². The van der Waals surface area contributed by atoms with Crippen LogP contribution in [0.3, 0.4) is 0 Å². The lowest BCUT2D eigenvalue weighted by atomic mass is 9.95. The Morgan fingerprint density at radius 1 is 1.26 bits per heavy atom. The average Bonchev–Trinajstić information content (AvgIpc) is 2.99. The van der Waals surface area contributed by atoms with Crippen molar-refractivity contribution in [3.8, 4) is 0 Å². The van der Waals surface area contributed by atoms with Crippen molar-refractivity contribution in [2.24, 2.45) is 0 Å². The maximum Gasteiger partial charge on any atom is 0.330 e. The summed E-state index contributed by atoms with van der Waals surface area (Å²) in [6, 6.07) is 1.04. The lowest BCUT2D eigenvalue weighted by Gasteiger charge is -2.33. The van der Waals surface area contributed by atoms with E-state index in [4.69, 9.17) is 18.9 Å². The number of unbranched alkanes of at least 4 members (excludes halogenated alkanes) is 2. The molecule has 31 heavy (non-hydrogen) atoms. The minimum absolute atomic E-state index is 0.124. The molecule has 2 rings (SSSR count). The summed E-state index contributed by atoms with van der Waals surface area (Å²) in [5.41, 5.74) is -3.83. The van der Waals surface area contributed by atoms with Gasteiger partial charge in [0.25, 0.3) is 12.0 Å². The molecule has 1 aliphatic heterocycles. The maximum absolute atomic E-state index is 14.5. The van der Waals surface area contributed by atoms with E-state index in [2.05, 4.69) is 0 Å². The minimum atomic E-state index is -3.07. The van der Waals surface area contributed by atoms with E-state index in [1.165, 1.54) is 0 Å². The van der Waals surface area contributed by atoms with Gasteiger partial charge in [-0.15, -0.1) is 0 Å². The number of nitrogens with zero attached hydrogens (tertiary/aromatic N) is 1. The van der Waals surface area contributed by atoms with Gasteiger partial charge in [0.2, 0.25) is 0 Å². The minimum Gasteiger partial charge on any atom is -0.455 e. The number of alkyl halides is 2. The fourth-order valence-electron chi connectivity index (χ4n) is 3.36. The highest BCUT2D eigenvalue weighted by Crippen LogP contribution is 2.44. The Morgan fingerprint density at radius 2 is 1.94 bits per heavy atom. The van der Waals surface area contributed by atoms with Gasteiger partial charge in [0, 0.05) is 32.4 Å². The smallest absolute Gasteiger partial charge is 0.330 e. The van der Waals surface area contributed by atoms with Crippen LogP contribution in [0.2, 0.25) is 0 Å². The second-order valence-electron chi connectivity index (χ2n) is 7.41. The molecule has 176 valence electrons. The normalized spacial score (nSPS) is 25.8. The number of halogens is 2. The summed E-state index contributed by atoms with van der Waals surface area (Å²) >= 11 is 0. The molecular formula is C20H30F2N2O7. The molecule has 0 spiro atoms. The second-order valence-corrected chi connectivity index (χ2v) is 7.41. The molecule has 9 nitrogen and oxygen atoms in total. The topological polar surface area (TPSA) is 109 Å². The number of H-pyrrole nitrogens is 1. The molecule has 0 unspecified atom stereocenters. The Labute approximate surface area is 178 Å². The SMILES string of the molecule is CCCCOC[C@@]1(C(F)F)O[C@@H](n2ccc(=O)[nH]c2=O)[C@@H](OC(C)=O)[C@@H]1OCCCC. The van der Waals surface area contributed by atoms with Crippen molar-refractivity contribution in [1.29, 1.82) is 0 Å². The third kappa shape index (κ3) is 5.98. The summed E-state index contributed by atoms with van der Waals surface area (Å²) in [5.74, 6) is -0.753. The average molecular weight is 448 g/mol. The molecule has 1 saturated heterocycles. The molecule has 1 aromatic heterocycles. The Balaban J connectivity index is 2.50. The number of hydrogen-bond donors (Lipinski definition) is 1. The molecule has 4 atom stereocenters. The first-order chi connectivity index (χ1) is 14.8. The van der Waals surface area contributed by atoms with Crippen LogP contribution < -0.4 is 11.2 Å². The van der Waals surface area contributed by atoms with Crippen LogP contribution in [0.4, 0.5) is 8.78 Å². The molecule has 0 aliphatic carbocycles. The molecule has 0 aromatic carbocycles. The predicted octanol–water partition coefficient (Wildman–Crippen LogP) is 2.00. The van der Waals surface area contributed by atoms with Gasteiger partial charge in [-0.2, -0.15) is 0 Å². The Morgan fingerprint density at radius 3 is 2.52 bits per heavy atom. The zero-order valence-corrected chi connectivity index (χ0v) is 18.0. The van der Waals surface area contributed by atoms with Crippen molar-refractivity contribution in [2.45, 2.75) is 76.9 Å². The summed E-state index contributed by atoms with van der Waals surface area (Å²) in [5, 5.41) is 0. The molecular weight excluding hydrogens is 418 g/mol. The molecule has 0 saturated carbocycles. The van der Waals surface area contributed by atoms with Gasteiger partial charge in [-0.1, -0.05) is 26.7 Å². The molecule has 2 heterocycles. The summed E-state index contributed by atoms with van der Waals surface area (Å²) in [6.07, 6.45) is -3.35. The number of hydrogen-bond acceptors (Lipinski definition) is 7. The maximum atomic E-state index is 14.5. The monoisotopic (exact) mass is 448 g/mol. The number of nitrogens with one attached hydrogen (secondary N) is 1. The molecule has 0 bridgehead atoms. The first-order valence-electron chi connectivity index (χ1n) is 10.4. The van der Waals surface area contributed by atoms with Gasteiger partial charge in [0.15, 0.2) is 17.9 Å². The molecule has 1 fully saturated rings. The van der Waals surface area contributed by atoms with Gasteiger partial charge in [-0.3, -0.25) is 19.1 Å². The largest absolute Gasteiger partial charge is 0.455 e. The van der Waals surface area contributed by atoms with Gasteiger partial charge in [0.1, 0.15) is 6.10 Å². The quantitative estimate of drug-likeness (QED) is 0.385. The van der Waals surface area contributed by atoms with Crippen LogP contribution in [0.5, 0.6) is 0 Å². The lowest BCUT2D eigenvalue weighted by molar-refractivity contribution is -0.212. The Bertz CT molecular complexity index is 828. The third-order valence-electron chi connectivity index (χ3n) is 4.96. The fraction of sp³-hybridized carbons (Fsp3) is 0.750. The summed E-state index contributed by atoms with van der Waals surface area (Å²) in [4.78, 5) is 37.6. The van der Waals surface area contributed by atoms with Crippen LogP contribution in [0.1, 0.15) is 52.7 Å². The number of aromatic amines is 1. The zero-order chi connectivity index (χ0) is 23.0. The van der Waals surface area contributed by atoms with Crippen LogP contribution in [0.15, 0.2) is 21.9 Å². The van der Waals surface area contributed by atoms with Crippen LogP contribution in [0, 0.1) is 0 Å². The Kier molecular flexibility index (Phi) is 9.32. The molecule has 0 radical (unpaired) electrons. The standard InChI is InChI=1S/C20H30F2N2O7/c1-4-6-10-28-12-20(18(21)22)16(29-11-7-5-2)15(30-13(3)25)17(31-20)24-9-8-14(26)23-19(24)27/h8-9,15-18H,4-7,10-12H2,1-3H3,(H,23,26,27)/t15-,16-,17+,20+/m0/s1. The summed E-state index contributed by atoms with van der Waals surface area (Å²) < 4.78 is 52.1. The van der Waals surface area contributed by atoms with Gasteiger partial charge in [-0.05, 0) is 12.8 Å². The van der Waals surface area contributed by atoms with E-state index in [-0.39, 0.29) is 13.2 Å². The summed E-state index contributed by atoms with van der Waals surface area (Å²) in [6.45, 7) is 4.81. The molecule has 11 heteroatoms. The van der Waals surface area contributed by atoms with Crippen LogP contribution >= 0.6 is 0 Å². The first kappa shape index (κ1) is 25.2. The van der Waals surface area contributed by atoms with Crippen LogP contribution in [-0.2, 0) is 23.7 Å². The second kappa shape index (κ2) is 11.5. The number of aromatic nitrogens is 2. The number of rotatable bonds is 12. The molecule has 1 N–H and O–H groups in total. The Hall–Kier alpha value is -2.11. The van der Waals surface area contributed by atoms with Crippen LogP contribution in [-0.4, -0.2) is 59.6 Å². The van der Waals surface area contributed by atoms with Crippen molar-refractivity contribution in [3.63, 3.8) is 0 Å². The highest BCUT2D eigenvalue weighted by Gasteiger charge is 2.63. The van der Waals surface area contributed by atoms with Gasteiger partial charge < -0.3 is 18.9 Å². The predicted molar refractivity (Wildman–Crippen MR) is 106 cm³/mol. The van der Waals surface area contributed by atoms with Gasteiger partial charge >= 0.3 is 11.7 Å². The van der Waals surface area contributed by atoms with E-state index >= 15 is 0 Å². The van der Waals surface area contributed by atoms with E-state index in [1.807, 2.05) is 18.8 Å². The van der Waals surface area contributed by atoms with Crippen molar-refractivity contribution < 1.29 is 32.5 Å². The van der Waals surface area contributed by atoms with E-state index in [9.17, 15) is 23.2 Å². The fourth-order valence-corrected chi connectivity index (χ4v) is 3.36. The highest BCUT2D eigenvalue weighted by atomic mass is 19.3. The number of carbonyl (C=O) groups excluding carboxylic acids is 1. The van der Waals surface area contributed by atoms with Crippen LogP contribution in [0.25, 0.3) is 0 Å². The van der Waals surface area contributed by atoms with Crippen molar-refractivity contribution in [2.75, 3.05) is 19.8 Å². The van der Waals surface area contributed by atoms with E-state index in [0.29, 0.717) is 12.8 Å². The van der Waals surface area contributed by atoms with Crippen molar-refractivity contribution in [3.05, 3.63) is 33.1 Å². The number of carbonyl (C=O) groups is 1. The molecule has 0 amide bonds. The van der Waals surface area contributed by atoms with Crippen molar-refractivity contribution >= 4 is 5.97 Å². The lowest BCUT2D eigenvalue weighted by Crippen LogP contribution is -2.54. The third-order valence-corrected chi connectivity index (χ3v) is 4.96. The van der Waals surface area contributed by atoms with Gasteiger partial charge in [-0.25, -0.2) is 13.6 Å². The highest BCUT2D eigenvalue weighted by molar-refractivity contribution is 5.66. The first-order valence-corrected chi connectivity index (χ1v) is 10.4. The molecule has 1 aliphatic rings. The van der Waals surface area contributed by atoms with E-state index < -0.39 is 54.3 Å².